The maximum atomic E-state index is 16.8. The summed E-state index contributed by atoms with van der Waals surface area (Å²) in [4.78, 5) is 103. The Balaban J connectivity index is 1.55. The molecular formula is C55H54Cl2N4O10. The highest BCUT2D eigenvalue weighted by atomic mass is 35.5. The van der Waals surface area contributed by atoms with Gasteiger partial charge in [-0.15, -0.1) is 0 Å². The molecule has 2 amide bonds. The number of amides is 2. The summed E-state index contributed by atoms with van der Waals surface area (Å²) in [5, 5.41) is 0.480. The van der Waals surface area contributed by atoms with Crippen molar-refractivity contribution in [2.75, 3.05) is 65.4 Å². The van der Waals surface area contributed by atoms with Crippen LogP contribution in [-0.2, 0) is 39.5 Å². The van der Waals surface area contributed by atoms with Gasteiger partial charge < -0.3 is 38.5 Å². The summed E-state index contributed by atoms with van der Waals surface area (Å²) in [6.07, 6.45) is 4.35. The highest BCUT2D eigenvalue weighted by Gasteiger charge is 2.76. The van der Waals surface area contributed by atoms with Gasteiger partial charge in [0.05, 0.1) is 51.9 Å². The fourth-order valence-electron chi connectivity index (χ4n) is 11.7. The van der Waals surface area contributed by atoms with E-state index in [1.54, 1.807) is 108 Å². The number of fused-ring (bicyclic) bond motifs is 3. The van der Waals surface area contributed by atoms with Crippen LogP contribution in [0.4, 0.5) is 11.4 Å². The SMILES string of the molecule is CCCCN1C(=O)C2(C3=C4C(N(C)C)=CC(N3C(C(=O)OC)=C(C(=O)OC)C2C(=O)c2ccc(OC)cc2)C2(C(=O)N(CCCC)c3ccc(Cl)cc32)C4C(=O)c2ccc(OC)cc2)c2cc(Cl)ccc21. The van der Waals surface area contributed by atoms with E-state index in [4.69, 9.17) is 42.1 Å². The first kappa shape index (κ1) is 49.1. The second-order valence-electron chi connectivity index (χ2n) is 18.4. The summed E-state index contributed by atoms with van der Waals surface area (Å²) < 4.78 is 22.2. The van der Waals surface area contributed by atoms with Gasteiger partial charge in [-0.05, 0) is 115 Å². The number of halogens is 2. The molecule has 4 aromatic carbocycles. The monoisotopic (exact) mass is 1000 g/mol. The molecule has 2 bridgehead atoms. The quantitative estimate of drug-likeness (QED) is 0.0830. The average molecular weight is 1000 g/mol. The minimum Gasteiger partial charge on any atom is -0.497 e. The summed E-state index contributed by atoms with van der Waals surface area (Å²) in [6.45, 7) is 4.45. The molecular weight excluding hydrogens is 948 g/mol. The van der Waals surface area contributed by atoms with Crippen LogP contribution in [0.2, 0.25) is 10.0 Å². The lowest BCUT2D eigenvalue weighted by Gasteiger charge is -2.61. The van der Waals surface area contributed by atoms with E-state index in [0.717, 1.165) is 20.6 Å². The molecule has 71 heavy (non-hydrogen) atoms. The van der Waals surface area contributed by atoms with Crippen molar-refractivity contribution >= 4 is 69.9 Å². The maximum Gasteiger partial charge on any atom is 0.355 e. The minimum absolute atomic E-state index is 0.0435. The van der Waals surface area contributed by atoms with Crippen molar-refractivity contribution in [2.24, 2.45) is 11.8 Å². The summed E-state index contributed by atoms with van der Waals surface area (Å²) in [5.74, 6) is -6.92. The number of allylic oxidation sites excluding steroid dienone is 1. The Labute approximate surface area is 422 Å². The number of unbranched alkanes of at least 4 members (excludes halogenated alkanes) is 2. The Hall–Kier alpha value is -6.90. The number of nitrogens with zero attached hydrogens (tertiary/aromatic N) is 4. The van der Waals surface area contributed by atoms with Crippen molar-refractivity contribution in [2.45, 2.75) is 56.4 Å². The normalized spacial score (nSPS) is 22.7. The summed E-state index contributed by atoms with van der Waals surface area (Å²) in [7, 11) is 8.81. The molecule has 14 nitrogen and oxygen atoms in total. The Bertz CT molecular complexity index is 3020. The number of carbonyl (C=O) groups is 6. The first-order valence-electron chi connectivity index (χ1n) is 23.6. The zero-order valence-corrected chi connectivity index (χ0v) is 42.3. The predicted molar refractivity (Wildman–Crippen MR) is 268 cm³/mol. The first-order valence-corrected chi connectivity index (χ1v) is 24.3. The smallest absolute Gasteiger partial charge is 0.355 e. The van der Waals surface area contributed by atoms with E-state index in [1.807, 2.05) is 13.8 Å². The van der Waals surface area contributed by atoms with Crippen LogP contribution >= 0.6 is 23.2 Å². The second kappa shape index (κ2) is 18.7. The van der Waals surface area contributed by atoms with Crippen molar-refractivity contribution in [3.05, 3.63) is 152 Å². The minimum atomic E-state index is -2.28. The number of methoxy groups -OCH3 is 4. The molecule has 0 radical (unpaired) electrons. The summed E-state index contributed by atoms with van der Waals surface area (Å²) in [6, 6.07) is 21.4. The molecule has 5 atom stereocenters. The molecule has 5 aliphatic heterocycles. The number of ketones is 2. The Morgan fingerprint density at radius 2 is 1.14 bits per heavy atom. The number of likely N-dealkylation sites (N-methyl/N-ethyl adjacent to an activating group) is 1. The van der Waals surface area contributed by atoms with Gasteiger partial charge in [0.25, 0.3) is 0 Å². The zero-order chi connectivity index (χ0) is 50.8. The number of anilines is 2. The van der Waals surface area contributed by atoms with Crippen molar-refractivity contribution in [3.63, 3.8) is 0 Å². The molecule has 368 valence electrons. The third-order valence-corrected chi connectivity index (χ3v) is 15.2. The zero-order valence-electron chi connectivity index (χ0n) is 40.8. The van der Waals surface area contributed by atoms with E-state index in [-0.39, 0.29) is 51.1 Å². The van der Waals surface area contributed by atoms with E-state index in [9.17, 15) is 0 Å². The van der Waals surface area contributed by atoms with Crippen molar-refractivity contribution in [1.82, 2.24) is 9.80 Å². The van der Waals surface area contributed by atoms with Crippen molar-refractivity contribution < 1.29 is 47.7 Å². The van der Waals surface area contributed by atoms with E-state index >= 15 is 28.8 Å². The number of hydrogen-bond acceptors (Lipinski definition) is 12. The molecule has 0 N–H and O–H groups in total. The van der Waals surface area contributed by atoms with Crippen LogP contribution in [0, 0.1) is 11.8 Å². The van der Waals surface area contributed by atoms with Gasteiger partial charge in [0.2, 0.25) is 11.8 Å². The molecule has 0 fully saturated rings. The molecule has 0 saturated heterocycles. The highest BCUT2D eigenvalue weighted by Crippen LogP contribution is 2.68. The van der Waals surface area contributed by atoms with Gasteiger partial charge in [-0.25, -0.2) is 9.59 Å². The largest absolute Gasteiger partial charge is 0.497 e. The maximum absolute atomic E-state index is 16.8. The van der Waals surface area contributed by atoms with Crippen molar-refractivity contribution in [3.8, 4) is 11.5 Å². The Kier molecular flexibility index (Phi) is 12.9. The van der Waals surface area contributed by atoms with Gasteiger partial charge >= 0.3 is 11.9 Å². The van der Waals surface area contributed by atoms with Gasteiger partial charge in [0.1, 0.15) is 28.0 Å². The van der Waals surface area contributed by atoms with E-state index in [0.29, 0.717) is 53.4 Å². The molecule has 2 spiro atoms. The van der Waals surface area contributed by atoms with Crippen LogP contribution in [-0.4, -0.2) is 107 Å². The number of benzene rings is 4. The molecule has 0 aromatic heterocycles. The van der Waals surface area contributed by atoms with Crippen LogP contribution in [0.5, 0.6) is 11.5 Å². The van der Waals surface area contributed by atoms with E-state index in [1.165, 1.54) is 31.3 Å². The second-order valence-corrected chi connectivity index (χ2v) is 19.3. The molecule has 5 heterocycles. The molecule has 0 saturated carbocycles. The van der Waals surface area contributed by atoms with Crippen LogP contribution in [0.25, 0.3) is 0 Å². The van der Waals surface area contributed by atoms with Gasteiger partial charge in [0, 0.05) is 76.7 Å². The standard InChI is InChI=1S/C55H54Cl2N4O10/c1-9-11-25-59-38-23-17-32(56)27-36(38)54(52(59)66)41-29-40(58(3)4)42(44(54)47(62)30-13-19-34(68-5)20-14-30)49-55(37-28-33(57)18-24-39(37)60(53(55)67)26-12-10-2)45(48(63)31-15-21-35(69-6)22-16-31)43(50(64)70-7)46(61(41)49)51(65)71-8/h13-24,27-29,41,44-45H,9-12,25-26H2,1-8H3. The molecule has 4 aromatic rings. The highest BCUT2D eigenvalue weighted by molar-refractivity contribution is 6.32. The number of ether oxygens (including phenoxy) is 4. The third kappa shape index (κ3) is 7.03. The van der Waals surface area contributed by atoms with Gasteiger partial charge in [0.15, 0.2) is 11.6 Å². The average Bonchev–Trinajstić information content (AvgIpc) is 3.75. The third-order valence-electron chi connectivity index (χ3n) is 14.7. The molecule has 6 aliphatic rings. The number of rotatable bonds is 15. The van der Waals surface area contributed by atoms with E-state index < -0.39 is 75.3 Å². The fraction of sp³-hybridized carbons (Fsp3) is 0.345. The predicted octanol–water partition coefficient (Wildman–Crippen LogP) is 8.49. The van der Waals surface area contributed by atoms with Crippen LogP contribution in [0.1, 0.15) is 71.4 Å². The van der Waals surface area contributed by atoms with Gasteiger partial charge in [-0.2, -0.15) is 0 Å². The summed E-state index contributed by atoms with van der Waals surface area (Å²) in [5.41, 5.74) is -2.67. The van der Waals surface area contributed by atoms with Gasteiger partial charge in [-0.3, -0.25) is 19.2 Å². The van der Waals surface area contributed by atoms with E-state index in [2.05, 4.69) is 0 Å². The number of esters is 2. The van der Waals surface area contributed by atoms with Gasteiger partial charge in [-0.1, -0.05) is 49.9 Å². The summed E-state index contributed by atoms with van der Waals surface area (Å²) >= 11 is 14.0. The van der Waals surface area contributed by atoms with Crippen LogP contribution in [0.3, 0.4) is 0 Å². The Morgan fingerprint density at radius 3 is 1.63 bits per heavy atom. The molecule has 16 heteroatoms. The number of hydrogen-bond donors (Lipinski definition) is 0. The van der Waals surface area contributed by atoms with Crippen LogP contribution < -0.4 is 19.3 Å². The number of Topliss-reactive ketones (excluding diaryl/α,β-unsaturated/α-hetero) is 2. The molecule has 10 rings (SSSR count). The van der Waals surface area contributed by atoms with Crippen LogP contribution in [0.15, 0.2) is 119 Å². The fourth-order valence-corrected chi connectivity index (χ4v) is 12.0. The lowest BCUT2D eigenvalue weighted by molar-refractivity contribution is -0.143. The Morgan fingerprint density at radius 1 is 0.648 bits per heavy atom. The lowest BCUT2D eigenvalue weighted by atomic mass is 9.50. The molecule has 1 aliphatic carbocycles. The van der Waals surface area contributed by atoms with Crippen molar-refractivity contribution in [1.29, 1.82) is 0 Å². The molecule has 5 unspecified atom stereocenters. The topological polar surface area (TPSA) is 152 Å². The number of carbonyl (C=O) groups excluding carboxylic acids is 6. The first-order chi connectivity index (χ1) is 34.1. The lowest BCUT2D eigenvalue weighted by Crippen LogP contribution is -2.71.